The Balaban J connectivity index is 1.80. The van der Waals surface area contributed by atoms with Gasteiger partial charge in [-0.25, -0.2) is 4.79 Å². The van der Waals surface area contributed by atoms with Gasteiger partial charge in [-0.15, -0.1) is 0 Å². The van der Waals surface area contributed by atoms with E-state index in [2.05, 4.69) is 10.2 Å². The molecular weight excluding hydrogens is 256 g/mol. The van der Waals surface area contributed by atoms with Crippen LogP contribution in [0.2, 0.25) is 0 Å². The van der Waals surface area contributed by atoms with Crippen LogP contribution in [0.15, 0.2) is 30.3 Å². The molecule has 0 saturated heterocycles. The zero-order chi connectivity index (χ0) is 13.9. The molecule has 0 radical (unpaired) electrons. The third kappa shape index (κ3) is 2.66. The Bertz CT molecular complexity index is 615. The van der Waals surface area contributed by atoms with E-state index in [1.165, 1.54) is 18.9 Å². The van der Waals surface area contributed by atoms with Crippen LogP contribution in [0, 0.1) is 0 Å². The van der Waals surface area contributed by atoms with Gasteiger partial charge < -0.3 is 9.84 Å². The highest BCUT2D eigenvalue weighted by atomic mass is 16.5. The van der Waals surface area contributed by atoms with Crippen LogP contribution in [-0.2, 0) is 0 Å². The van der Waals surface area contributed by atoms with E-state index >= 15 is 0 Å². The quantitative estimate of drug-likeness (QED) is 0.896. The number of carboxylic acid groups (broad SMARTS) is 1. The molecule has 1 aromatic heterocycles. The van der Waals surface area contributed by atoms with E-state index in [0.717, 1.165) is 24.2 Å². The van der Waals surface area contributed by atoms with Crippen LogP contribution in [-0.4, -0.2) is 27.4 Å². The Morgan fingerprint density at radius 2 is 2.10 bits per heavy atom. The van der Waals surface area contributed by atoms with Gasteiger partial charge in [0.25, 0.3) is 0 Å². The summed E-state index contributed by atoms with van der Waals surface area (Å²) in [5.41, 5.74) is 1.55. The first-order chi connectivity index (χ1) is 9.72. The fourth-order valence-corrected chi connectivity index (χ4v) is 2.51. The lowest BCUT2D eigenvalue weighted by atomic mass is 10.1. The number of aromatic nitrogens is 2. The normalized spacial score (nSPS) is 15.4. The number of aromatic carboxylic acids is 1. The van der Waals surface area contributed by atoms with Crippen LogP contribution >= 0.6 is 0 Å². The molecule has 3 rings (SSSR count). The van der Waals surface area contributed by atoms with Gasteiger partial charge in [0.2, 0.25) is 0 Å². The molecule has 5 heteroatoms. The molecule has 2 aromatic rings. The zero-order valence-corrected chi connectivity index (χ0v) is 11.0. The molecule has 2 N–H and O–H groups in total. The minimum atomic E-state index is -1.01. The lowest BCUT2D eigenvalue weighted by Gasteiger charge is -2.13. The molecule has 1 saturated carbocycles. The summed E-state index contributed by atoms with van der Waals surface area (Å²) in [5, 5.41) is 15.4. The number of nitrogens with one attached hydrogen (secondary N) is 1. The second-order valence-corrected chi connectivity index (χ2v) is 5.02. The number of rotatable bonds is 4. The molecule has 0 bridgehead atoms. The van der Waals surface area contributed by atoms with Gasteiger partial charge in [-0.05, 0) is 43.9 Å². The van der Waals surface area contributed by atoms with Crippen molar-refractivity contribution in [1.29, 1.82) is 0 Å². The first-order valence-corrected chi connectivity index (χ1v) is 6.78. The molecule has 5 nitrogen and oxygen atoms in total. The highest BCUT2D eigenvalue weighted by molar-refractivity contribution is 5.86. The summed E-state index contributed by atoms with van der Waals surface area (Å²) in [4.78, 5) is 10.8. The van der Waals surface area contributed by atoms with Crippen molar-refractivity contribution in [2.45, 2.75) is 31.8 Å². The molecule has 0 amide bonds. The molecule has 1 aliphatic carbocycles. The molecule has 1 fully saturated rings. The fourth-order valence-electron chi connectivity index (χ4n) is 2.51. The SMILES string of the molecule is O=C(O)c1cc(-c2cccc(OC3CCCC3)c2)n[nH]1. The first kappa shape index (κ1) is 12.7. The molecular formula is C15H16N2O3. The van der Waals surface area contributed by atoms with Gasteiger partial charge in [-0.1, -0.05) is 12.1 Å². The van der Waals surface area contributed by atoms with Crippen LogP contribution < -0.4 is 4.74 Å². The lowest BCUT2D eigenvalue weighted by Crippen LogP contribution is -2.10. The molecule has 0 spiro atoms. The summed E-state index contributed by atoms with van der Waals surface area (Å²) in [7, 11) is 0. The zero-order valence-electron chi connectivity index (χ0n) is 11.0. The average molecular weight is 272 g/mol. The number of ether oxygens (including phenoxy) is 1. The molecule has 1 aliphatic rings. The highest BCUT2D eigenvalue weighted by Crippen LogP contribution is 2.27. The Morgan fingerprint density at radius 1 is 1.30 bits per heavy atom. The Kier molecular flexibility index (Phi) is 3.41. The highest BCUT2D eigenvalue weighted by Gasteiger charge is 2.17. The standard InChI is InChI=1S/C15H16N2O3/c18-15(19)14-9-13(16-17-14)10-4-3-7-12(8-10)20-11-5-1-2-6-11/h3-4,7-9,11H,1-2,5-6H2,(H,16,17)(H,18,19). The Hall–Kier alpha value is -2.30. The summed E-state index contributed by atoms with van der Waals surface area (Å²) in [6, 6.07) is 9.14. The lowest BCUT2D eigenvalue weighted by molar-refractivity contribution is 0.0690. The fraction of sp³-hybridized carbons (Fsp3) is 0.333. The number of hydrogen-bond donors (Lipinski definition) is 2. The van der Waals surface area contributed by atoms with E-state index in [-0.39, 0.29) is 5.69 Å². The number of carboxylic acids is 1. The predicted octanol–water partition coefficient (Wildman–Crippen LogP) is 3.10. The molecule has 1 aromatic carbocycles. The minimum Gasteiger partial charge on any atom is -0.490 e. The molecule has 0 aliphatic heterocycles. The number of H-pyrrole nitrogens is 1. The predicted molar refractivity (Wildman–Crippen MR) is 73.9 cm³/mol. The van der Waals surface area contributed by atoms with Crippen LogP contribution in [0.5, 0.6) is 5.75 Å². The topological polar surface area (TPSA) is 75.2 Å². The maximum absolute atomic E-state index is 10.8. The Morgan fingerprint density at radius 3 is 2.80 bits per heavy atom. The van der Waals surface area contributed by atoms with E-state index in [4.69, 9.17) is 9.84 Å². The van der Waals surface area contributed by atoms with Crippen molar-refractivity contribution >= 4 is 5.97 Å². The minimum absolute atomic E-state index is 0.0853. The van der Waals surface area contributed by atoms with Gasteiger partial charge in [-0.3, -0.25) is 5.10 Å². The molecule has 20 heavy (non-hydrogen) atoms. The van der Waals surface area contributed by atoms with Crippen molar-refractivity contribution in [3.05, 3.63) is 36.0 Å². The smallest absolute Gasteiger partial charge is 0.353 e. The molecule has 0 atom stereocenters. The number of nitrogens with zero attached hydrogens (tertiary/aromatic N) is 1. The molecule has 0 unspecified atom stereocenters. The maximum Gasteiger partial charge on any atom is 0.353 e. The van der Waals surface area contributed by atoms with Crippen molar-refractivity contribution in [2.75, 3.05) is 0 Å². The van der Waals surface area contributed by atoms with Crippen molar-refractivity contribution < 1.29 is 14.6 Å². The Labute approximate surface area is 116 Å². The number of hydrogen-bond acceptors (Lipinski definition) is 3. The first-order valence-electron chi connectivity index (χ1n) is 6.78. The third-order valence-electron chi connectivity index (χ3n) is 3.54. The number of aromatic amines is 1. The van der Waals surface area contributed by atoms with Crippen molar-refractivity contribution in [1.82, 2.24) is 10.2 Å². The second-order valence-electron chi connectivity index (χ2n) is 5.02. The van der Waals surface area contributed by atoms with E-state index in [0.29, 0.717) is 11.8 Å². The van der Waals surface area contributed by atoms with Gasteiger partial charge in [-0.2, -0.15) is 5.10 Å². The molecule has 1 heterocycles. The monoisotopic (exact) mass is 272 g/mol. The van der Waals surface area contributed by atoms with Crippen molar-refractivity contribution in [3.63, 3.8) is 0 Å². The van der Waals surface area contributed by atoms with E-state index in [1.54, 1.807) is 0 Å². The van der Waals surface area contributed by atoms with Crippen molar-refractivity contribution in [2.24, 2.45) is 0 Å². The average Bonchev–Trinajstić information content (AvgIpc) is 3.09. The van der Waals surface area contributed by atoms with Crippen LogP contribution in [0.3, 0.4) is 0 Å². The largest absolute Gasteiger partial charge is 0.490 e. The van der Waals surface area contributed by atoms with Gasteiger partial charge in [0.15, 0.2) is 0 Å². The van der Waals surface area contributed by atoms with Gasteiger partial charge in [0.1, 0.15) is 11.4 Å². The van der Waals surface area contributed by atoms with E-state index in [1.807, 2.05) is 24.3 Å². The second kappa shape index (κ2) is 5.36. The van der Waals surface area contributed by atoms with Crippen LogP contribution in [0.1, 0.15) is 36.2 Å². The van der Waals surface area contributed by atoms with Gasteiger partial charge >= 0.3 is 5.97 Å². The van der Waals surface area contributed by atoms with Crippen LogP contribution in [0.25, 0.3) is 11.3 Å². The molecule has 104 valence electrons. The summed E-state index contributed by atoms with van der Waals surface area (Å²) in [5.74, 6) is -0.198. The number of benzene rings is 1. The van der Waals surface area contributed by atoms with Crippen LogP contribution in [0.4, 0.5) is 0 Å². The summed E-state index contributed by atoms with van der Waals surface area (Å²) in [6.07, 6.45) is 4.97. The van der Waals surface area contributed by atoms with Crippen molar-refractivity contribution in [3.8, 4) is 17.0 Å². The summed E-state index contributed by atoms with van der Waals surface area (Å²) < 4.78 is 5.94. The van der Waals surface area contributed by atoms with Gasteiger partial charge in [0, 0.05) is 5.56 Å². The maximum atomic E-state index is 10.8. The van der Waals surface area contributed by atoms with E-state index < -0.39 is 5.97 Å². The van der Waals surface area contributed by atoms with Gasteiger partial charge in [0.05, 0.1) is 11.8 Å². The third-order valence-corrected chi connectivity index (χ3v) is 3.54. The summed E-state index contributed by atoms with van der Waals surface area (Å²) in [6.45, 7) is 0. The van der Waals surface area contributed by atoms with E-state index in [9.17, 15) is 4.79 Å². The summed E-state index contributed by atoms with van der Waals surface area (Å²) >= 11 is 0. The number of carbonyl (C=O) groups is 1.